The standard InChI is InChI=1S/C22H22N2O3/c1-26-21-15-17(23)11-12-19(21)24-22(25)18-9-5-6-10-20(18)27-14-13-16-7-3-2-4-8-16/h2-12,15H,13-14,23H2,1H3,(H,24,25). The highest BCUT2D eigenvalue weighted by Gasteiger charge is 2.14. The van der Waals surface area contributed by atoms with Crippen molar-refractivity contribution in [2.45, 2.75) is 6.42 Å². The number of hydrogen-bond donors (Lipinski definition) is 2. The number of methoxy groups -OCH3 is 1. The predicted molar refractivity (Wildman–Crippen MR) is 107 cm³/mol. The van der Waals surface area contributed by atoms with Gasteiger partial charge in [0.1, 0.15) is 11.5 Å². The topological polar surface area (TPSA) is 73.6 Å². The van der Waals surface area contributed by atoms with Crippen LogP contribution in [0.25, 0.3) is 0 Å². The molecule has 0 aromatic heterocycles. The summed E-state index contributed by atoms with van der Waals surface area (Å²) in [6.45, 7) is 0.486. The molecule has 0 aliphatic rings. The van der Waals surface area contributed by atoms with Crippen molar-refractivity contribution in [3.63, 3.8) is 0 Å². The van der Waals surface area contributed by atoms with Crippen LogP contribution >= 0.6 is 0 Å². The van der Waals surface area contributed by atoms with E-state index in [4.69, 9.17) is 15.2 Å². The first-order valence-corrected chi connectivity index (χ1v) is 8.68. The summed E-state index contributed by atoms with van der Waals surface area (Å²) in [7, 11) is 1.53. The van der Waals surface area contributed by atoms with Gasteiger partial charge >= 0.3 is 0 Å². The summed E-state index contributed by atoms with van der Waals surface area (Å²) in [6.07, 6.45) is 0.766. The second-order valence-corrected chi connectivity index (χ2v) is 5.99. The molecule has 0 saturated heterocycles. The van der Waals surface area contributed by atoms with Crippen LogP contribution in [0.15, 0.2) is 72.8 Å². The third kappa shape index (κ3) is 4.79. The summed E-state index contributed by atoms with van der Waals surface area (Å²) < 4.78 is 11.1. The molecule has 3 aromatic carbocycles. The van der Waals surface area contributed by atoms with Crippen LogP contribution in [-0.4, -0.2) is 19.6 Å². The maximum absolute atomic E-state index is 12.7. The number of nitrogens with one attached hydrogen (secondary N) is 1. The number of nitrogens with two attached hydrogens (primary N) is 1. The number of rotatable bonds is 7. The monoisotopic (exact) mass is 362 g/mol. The number of hydrogen-bond acceptors (Lipinski definition) is 4. The molecule has 5 heteroatoms. The van der Waals surface area contributed by atoms with Crippen molar-refractivity contribution >= 4 is 17.3 Å². The number of anilines is 2. The van der Waals surface area contributed by atoms with Gasteiger partial charge in [0.25, 0.3) is 5.91 Å². The molecule has 138 valence electrons. The second-order valence-electron chi connectivity index (χ2n) is 5.99. The molecule has 0 heterocycles. The van der Waals surface area contributed by atoms with Crippen LogP contribution in [0, 0.1) is 0 Å². The van der Waals surface area contributed by atoms with Crippen molar-refractivity contribution in [1.29, 1.82) is 0 Å². The third-order valence-electron chi connectivity index (χ3n) is 4.10. The fourth-order valence-electron chi connectivity index (χ4n) is 2.70. The molecule has 0 unspecified atom stereocenters. The van der Waals surface area contributed by atoms with Crippen molar-refractivity contribution in [2.75, 3.05) is 24.8 Å². The van der Waals surface area contributed by atoms with E-state index in [-0.39, 0.29) is 5.91 Å². The number of amides is 1. The minimum Gasteiger partial charge on any atom is -0.494 e. The van der Waals surface area contributed by atoms with Gasteiger partial charge in [-0.3, -0.25) is 4.79 Å². The number of para-hydroxylation sites is 1. The Kier molecular flexibility index (Phi) is 5.94. The molecule has 0 radical (unpaired) electrons. The van der Waals surface area contributed by atoms with Gasteiger partial charge in [0.05, 0.1) is 25.0 Å². The van der Waals surface area contributed by atoms with Gasteiger partial charge in [0.2, 0.25) is 0 Å². The molecule has 3 N–H and O–H groups in total. The van der Waals surface area contributed by atoms with Gasteiger partial charge in [0, 0.05) is 18.2 Å². The Morgan fingerprint density at radius 3 is 2.48 bits per heavy atom. The van der Waals surface area contributed by atoms with E-state index in [1.54, 1.807) is 36.4 Å². The molecule has 0 saturated carbocycles. The zero-order valence-corrected chi connectivity index (χ0v) is 15.1. The first-order chi connectivity index (χ1) is 13.2. The molecular formula is C22H22N2O3. The minimum absolute atomic E-state index is 0.270. The third-order valence-corrected chi connectivity index (χ3v) is 4.10. The fraction of sp³-hybridized carbons (Fsp3) is 0.136. The van der Waals surface area contributed by atoms with Crippen molar-refractivity contribution in [3.8, 4) is 11.5 Å². The van der Waals surface area contributed by atoms with E-state index < -0.39 is 0 Å². The average molecular weight is 362 g/mol. The lowest BCUT2D eigenvalue weighted by molar-refractivity contribution is 0.102. The van der Waals surface area contributed by atoms with Gasteiger partial charge < -0.3 is 20.5 Å². The summed E-state index contributed by atoms with van der Waals surface area (Å²) in [5.74, 6) is 0.777. The number of carbonyl (C=O) groups excluding carboxylic acids is 1. The molecule has 5 nitrogen and oxygen atoms in total. The Bertz CT molecular complexity index is 910. The van der Waals surface area contributed by atoms with Crippen molar-refractivity contribution in [2.24, 2.45) is 0 Å². The Morgan fingerprint density at radius 1 is 0.963 bits per heavy atom. The van der Waals surface area contributed by atoms with Crippen LogP contribution in [0.2, 0.25) is 0 Å². The molecule has 0 aliphatic carbocycles. The Morgan fingerprint density at radius 2 is 1.70 bits per heavy atom. The van der Waals surface area contributed by atoms with Gasteiger partial charge in [-0.05, 0) is 29.8 Å². The van der Waals surface area contributed by atoms with Crippen LogP contribution in [0.4, 0.5) is 11.4 Å². The van der Waals surface area contributed by atoms with E-state index in [0.29, 0.717) is 35.0 Å². The lowest BCUT2D eigenvalue weighted by atomic mass is 10.1. The highest BCUT2D eigenvalue weighted by molar-refractivity contribution is 6.07. The van der Waals surface area contributed by atoms with E-state index in [2.05, 4.69) is 17.4 Å². The second kappa shape index (κ2) is 8.76. The van der Waals surface area contributed by atoms with Gasteiger partial charge in [-0.1, -0.05) is 42.5 Å². The lowest BCUT2D eigenvalue weighted by Crippen LogP contribution is -2.15. The molecular weight excluding hydrogens is 340 g/mol. The molecule has 0 spiro atoms. The molecule has 0 fully saturated rings. The van der Waals surface area contributed by atoms with Crippen LogP contribution in [0.3, 0.4) is 0 Å². The van der Waals surface area contributed by atoms with Crippen LogP contribution < -0.4 is 20.5 Å². The zero-order chi connectivity index (χ0) is 19.1. The molecule has 1 amide bonds. The summed E-state index contributed by atoms with van der Waals surface area (Å²) in [4.78, 5) is 12.7. The van der Waals surface area contributed by atoms with Gasteiger partial charge in [-0.25, -0.2) is 0 Å². The summed E-state index contributed by atoms with van der Waals surface area (Å²) in [6, 6.07) is 22.3. The summed E-state index contributed by atoms with van der Waals surface area (Å²) in [5, 5.41) is 2.85. The SMILES string of the molecule is COc1cc(N)ccc1NC(=O)c1ccccc1OCCc1ccccc1. The Hall–Kier alpha value is -3.47. The van der Waals surface area contributed by atoms with E-state index in [1.807, 2.05) is 24.3 Å². The first-order valence-electron chi connectivity index (χ1n) is 8.68. The largest absolute Gasteiger partial charge is 0.494 e. The number of ether oxygens (including phenoxy) is 2. The molecule has 0 bridgehead atoms. The summed E-state index contributed by atoms with van der Waals surface area (Å²) in [5.41, 5.74) is 8.52. The Labute approximate surface area is 158 Å². The number of benzene rings is 3. The maximum atomic E-state index is 12.7. The highest BCUT2D eigenvalue weighted by atomic mass is 16.5. The van der Waals surface area contributed by atoms with E-state index >= 15 is 0 Å². The lowest BCUT2D eigenvalue weighted by Gasteiger charge is -2.14. The van der Waals surface area contributed by atoms with Gasteiger partial charge in [-0.15, -0.1) is 0 Å². The Balaban J connectivity index is 1.70. The molecule has 27 heavy (non-hydrogen) atoms. The predicted octanol–water partition coefficient (Wildman–Crippen LogP) is 4.15. The molecule has 3 aromatic rings. The fourth-order valence-corrected chi connectivity index (χ4v) is 2.70. The molecule has 0 aliphatic heterocycles. The van der Waals surface area contributed by atoms with E-state index in [1.165, 1.54) is 12.7 Å². The molecule has 0 atom stereocenters. The average Bonchev–Trinajstić information content (AvgIpc) is 2.70. The highest BCUT2D eigenvalue weighted by Crippen LogP contribution is 2.28. The van der Waals surface area contributed by atoms with Crippen molar-refractivity contribution < 1.29 is 14.3 Å². The van der Waals surface area contributed by atoms with Gasteiger partial charge in [-0.2, -0.15) is 0 Å². The maximum Gasteiger partial charge on any atom is 0.259 e. The minimum atomic E-state index is -0.270. The number of carbonyl (C=O) groups is 1. The van der Waals surface area contributed by atoms with Crippen LogP contribution in [0.1, 0.15) is 15.9 Å². The van der Waals surface area contributed by atoms with Crippen LogP contribution in [0.5, 0.6) is 11.5 Å². The summed E-state index contributed by atoms with van der Waals surface area (Å²) >= 11 is 0. The smallest absolute Gasteiger partial charge is 0.259 e. The normalized spacial score (nSPS) is 10.3. The zero-order valence-electron chi connectivity index (χ0n) is 15.1. The van der Waals surface area contributed by atoms with Gasteiger partial charge in [0.15, 0.2) is 0 Å². The quantitative estimate of drug-likeness (QED) is 0.619. The molecule has 3 rings (SSSR count). The van der Waals surface area contributed by atoms with E-state index in [0.717, 1.165) is 6.42 Å². The van der Waals surface area contributed by atoms with Crippen molar-refractivity contribution in [1.82, 2.24) is 0 Å². The van der Waals surface area contributed by atoms with Crippen LogP contribution in [-0.2, 0) is 6.42 Å². The number of nitrogen functional groups attached to an aromatic ring is 1. The van der Waals surface area contributed by atoms with E-state index in [9.17, 15) is 4.79 Å². The first kappa shape index (κ1) is 18.3. The van der Waals surface area contributed by atoms with Crippen molar-refractivity contribution in [3.05, 3.63) is 83.9 Å².